The van der Waals surface area contributed by atoms with Gasteiger partial charge in [0, 0.05) is 49.4 Å². The number of halogens is 2. The first-order valence-corrected chi connectivity index (χ1v) is 9.71. The summed E-state index contributed by atoms with van der Waals surface area (Å²) in [6.07, 6.45) is 0.530. The third kappa shape index (κ3) is 4.54. The van der Waals surface area contributed by atoms with Gasteiger partial charge < -0.3 is 19.3 Å². The fourth-order valence-corrected chi connectivity index (χ4v) is 3.54. The monoisotopic (exact) mass is 422 g/mol. The molecule has 0 aliphatic carbocycles. The Hall–Kier alpha value is -2.38. The van der Waals surface area contributed by atoms with Crippen LogP contribution < -0.4 is 4.90 Å². The zero-order valence-electron chi connectivity index (χ0n) is 15.4. The smallest absolute Gasteiger partial charge is 0.409 e. The predicted molar refractivity (Wildman–Crippen MR) is 108 cm³/mol. The van der Waals surface area contributed by atoms with Crippen LogP contribution in [0.3, 0.4) is 0 Å². The highest BCUT2D eigenvalue weighted by atomic mass is 35.5. The zero-order chi connectivity index (χ0) is 20.1. The van der Waals surface area contributed by atoms with Crippen molar-refractivity contribution < 1.29 is 14.3 Å². The summed E-state index contributed by atoms with van der Waals surface area (Å²) in [5.41, 5.74) is 2.25. The van der Waals surface area contributed by atoms with E-state index >= 15 is 0 Å². The highest BCUT2D eigenvalue weighted by Gasteiger charge is 2.22. The number of rotatable bonds is 5. The van der Waals surface area contributed by atoms with E-state index in [0.717, 1.165) is 24.3 Å². The van der Waals surface area contributed by atoms with E-state index in [1.165, 1.54) is 0 Å². The van der Waals surface area contributed by atoms with Crippen LogP contribution in [-0.2, 0) is 16.0 Å². The van der Waals surface area contributed by atoms with Crippen LogP contribution in [0.25, 0.3) is 11.4 Å². The number of amides is 1. The minimum absolute atomic E-state index is 0.0780. The van der Waals surface area contributed by atoms with Gasteiger partial charge in [-0.1, -0.05) is 23.2 Å². The van der Waals surface area contributed by atoms with Gasteiger partial charge in [0.15, 0.2) is 5.82 Å². The molecule has 7 nitrogen and oxygen atoms in total. The van der Waals surface area contributed by atoms with Crippen LogP contribution in [0.15, 0.2) is 24.3 Å². The minimum atomic E-state index is -0.263. The topological polar surface area (TPSA) is 75.6 Å². The number of anilines is 1. The molecule has 28 heavy (non-hydrogen) atoms. The molecule has 0 N–H and O–H groups in total. The number of benzene rings is 1. The SMILES string of the molecule is CCOC(=O)N1CCN(c2ccc(-c3nc(Cl)c(CC=O)c(Cl)n3)cc2)CC1. The first-order valence-electron chi connectivity index (χ1n) is 8.96. The summed E-state index contributed by atoms with van der Waals surface area (Å²) in [5, 5.41) is 0.363. The van der Waals surface area contributed by atoms with Gasteiger partial charge in [0.25, 0.3) is 0 Å². The van der Waals surface area contributed by atoms with Gasteiger partial charge in [-0.3, -0.25) is 0 Å². The lowest BCUT2D eigenvalue weighted by Gasteiger charge is -2.35. The molecular weight excluding hydrogens is 403 g/mol. The van der Waals surface area contributed by atoms with Gasteiger partial charge in [0.2, 0.25) is 0 Å². The van der Waals surface area contributed by atoms with Crippen molar-refractivity contribution in [3.8, 4) is 11.4 Å². The van der Waals surface area contributed by atoms with Crippen molar-refractivity contribution >= 4 is 41.3 Å². The largest absolute Gasteiger partial charge is 0.450 e. The van der Waals surface area contributed by atoms with Crippen LogP contribution in [0.5, 0.6) is 0 Å². The van der Waals surface area contributed by atoms with E-state index in [0.29, 0.717) is 37.4 Å². The number of aromatic nitrogens is 2. The van der Waals surface area contributed by atoms with Crippen molar-refractivity contribution in [2.24, 2.45) is 0 Å². The van der Waals surface area contributed by atoms with E-state index in [4.69, 9.17) is 27.9 Å². The van der Waals surface area contributed by atoms with E-state index in [-0.39, 0.29) is 22.8 Å². The van der Waals surface area contributed by atoms with Gasteiger partial charge in [-0.2, -0.15) is 0 Å². The van der Waals surface area contributed by atoms with Crippen LogP contribution in [0, 0.1) is 0 Å². The molecular formula is C19H20Cl2N4O3. The van der Waals surface area contributed by atoms with Gasteiger partial charge >= 0.3 is 6.09 Å². The molecule has 1 amide bonds. The molecule has 0 atom stereocenters. The molecule has 0 bridgehead atoms. The highest BCUT2D eigenvalue weighted by Crippen LogP contribution is 2.27. The van der Waals surface area contributed by atoms with Crippen LogP contribution in [0.4, 0.5) is 10.5 Å². The molecule has 2 aromatic rings. The number of ether oxygens (including phenoxy) is 1. The maximum Gasteiger partial charge on any atom is 0.409 e. The summed E-state index contributed by atoms with van der Waals surface area (Å²) < 4.78 is 5.04. The van der Waals surface area contributed by atoms with Gasteiger partial charge in [0.05, 0.1) is 6.61 Å². The Bertz CT molecular complexity index is 830. The Kier molecular flexibility index (Phi) is 6.70. The first kappa shape index (κ1) is 20.4. The summed E-state index contributed by atoms with van der Waals surface area (Å²) >= 11 is 12.3. The molecule has 0 radical (unpaired) electrons. The Morgan fingerprint density at radius 3 is 2.25 bits per heavy atom. The van der Waals surface area contributed by atoms with Crippen molar-refractivity contribution in [1.82, 2.24) is 14.9 Å². The zero-order valence-corrected chi connectivity index (χ0v) is 16.9. The fourth-order valence-electron chi connectivity index (χ4n) is 3.00. The molecule has 0 saturated carbocycles. The van der Waals surface area contributed by atoms with E-state index in [9.17, 15) is 9.59 Å². The summed E-state index contributed by atoms with van der Waals surface area (Å²) in [6, 6.07) is 7.74. The lowest BCUT2D eigenvalue weighted by Crippen LogP contribution is -2.49. The molecule has 1 saturated heterocycles. The van der Waals surface area contributed by atoms with Gasteiger partial charge in [0.1, 0.15) is 16.6 Å². The lowest BCUT2D eigenvalue weighted by atomic mass is 10.1. The van der Waals surface area contributed by atoms with Crippen LogP contribution in [0.2, 0.25) is 10.3 Å². The number of carbonyl (C=O) groups excluding carboxylic acids is 2. The minimum Gasteiger partial charge on any atom is -0.450 e. The summed E-state index contributed by atoms with van der Waals surface area (Å²) in [4.78, 5) is 34.9. The quantitative estimate of drug-likeness (QED) is 0.542. The van der Waals surface area contributed by atoms with E-state index in [2.05, 4.69) is 14.9 Å². The number of nitrogens with zero attached hydrogens (tertiary/aromatic N) is 4. The Labute approximate surface area is 173 Å². The Morgan fingerprint density at radius 1 is 1.11 bits per heavy atom. The summed E-state index contributed by atoms with van der Waals surface area (Å²) in [7, 11) is 0. The lowest BCUT2D eigenvalue weighted by molar-refractivity contribution is -0.107. The van der Waals surface area contributed by atoms with Crippen molar-refractivity contribution in [3.63, 3.8) is 0 Å². The summed E-state index contributed by atoms with van der Waals surface area (Å²) in [5.74, 6) is 0.406. The predicted octanol–water partition coefficient (Wildman–Crippen LogP) is 3.47. The molecule has 0 unspecified atom stereocenters. The van der Waals surface area contributed by atoms with Gasteiger partial charge in [-0.25, -0.2) is 14.8 Å². The number of hydrogen-bond donors (Lipinski definition) is 0. The van der Waals surface area contributed by atoms with Crippen molar-refractivity contribution in [2.75, 3.05) is 37.7 Å². The maximum absolute atomic E-state index is 11.8. The number of aldehydes is 1. The average Bonchev–Trinajstić information content (AvgIpc) is 2.71. The Balaban J connectivity index is 1.69. The van der Waals surface area contributed by atoms with E-state index in [1.54, 1.807) is 11.8 Å². The average molecular weight is 423 g/mol. The third-order valence-corrected chi connectivity index (χ3v) is 5.12. The second-order valence-electron chi connectivity index (χ2n) is 6.20. The molecule has 3 rings (SSSR count). The standard InChI is InChI=1S/C19H20Cl2N4O3/c1-2-28-19(27)25-10-8-24(9-11-25)14-5-3-13(4-6-14)18-22-16(20)15(7-12-26)17(21)23-18/h3-6,12H,2,7-11H2,1H3. The van der Waals surface area contributed by atoms with Crippen molar-refractivity contribution in [3.05, 3.63) is 40.1 Å². The van der Waals surface area contributed by atoms with Crippen LogP contribution in [-0.4, -0.2) is 60.0 Å². The second-order valence-corrected chi connectivity index (χ2v) is 6.91. The molecule has 2 heterocycles. The van der Waals surface area contributed by atoms with Crippen molar-refractivity contribution in [2.45, 2.75) is 13.3 Å². The Morgan fingerprint density at radius 2 is 1.71 bits per heavy atom. The van der Waals surface area contributed by atoms with Crippen LogP contribution >= 0.6 is 23.2 Å². The molecule has 148 valence electrons. The highest BCUT2D eigenvalue weighted by molar-refractivity contribution is 6.34. The third-order valence-electron chi connectivity index (χ3n) is 4.49. The first-order chi connectivity index (χ1) is 13.5. The number of piperazine rings is 1. The molecule has 1 aromatic carbocycles. The van der Waals surface area contributed by atoms with Gasteiger partial charge in [-0.15, -0.1) is 0 Å². The molecule has 0 spiro atoms. The molecule has 1 aliphatic heterocycles. The number of hydrogen-bond acceptors (Lipinski definition) is 6. The van der Waals surface area contributed by atoms with Crippen molar-refractivity contribution in [1.29, 1.82) is 0 Å². The van der Waals surface area contributed by atoms with E-state index in [1.807, 2.05) is 24.3 Å². The normalized spacial score (nSPS) is 14.1. The van der Waals surface area contributed by atoms with E-state index < -0.39 is 0 Å². The second kappa shape index (κ2) is 9.21. The number of carbonyl (C=O) groups is 2. The molecule has 1 aromatic heterocycles. The molecule has 1 fully saturated rings. The fraction of sp³-hybridized carbons (Fsp3) is 0.368. The molecule has 1 aliphatic rings. The van der Waals surface area contributed by atoms with Gasteiger partial charge in [-0.05, 0) is 31.2 Å². The summed E-state index contributed by atoms with van der Waals surface area (Å²) in [6.45, 7) is 4.88. The van der Waals surface area contributed by atoms with Crippen LogP contribution in [0.1, 0.15) is 12.5 Å². The molecule has 9 heteroatoms. The maximum atomic E-state index is 11.8.